The van der Waals surface area contributed by atoms with Gasteiger partial charge in [-0.1, -0.05) is 22.9 Å². The van der Waals surface area contributed by atoms with Crippen molar-refractivity contribution in [1.82, 2.24) is 4.72 Å². The van der Waals surface area contributed by atoms with Gasteiger partial charge in [0.15, 0.2) is 0 Å². The third kappa shape index (κ3) is 3.79. The van der Waals surface area contributed by atoms with E-state index in [4.69, 9.17) is 0 Å². The van der Waals surface area contributed by atoms with Crippen LogP contribution in [0.4, 0.5) is 0 Å². The molecule has 0 aliphatic rings. The van der Waals surface area contributed by atoms with E-state index in [1.165, 1.54) is 0 Å². The van der Waals surface area contributed by atoms with Gasteiger partial charge in [-0.25, -0.2) is 13.1 Å². The molecule has 18 heavy (non-hydrogen) atoms. The molecule has 0 bridgehead atoms. The maximum atomic E-state index is 12.3. The quantitative estimate of drug-likeness (QED) is 0.833. The summed E-state index contributed by atoms with van der Waals surface area (Å²) in [6.45, 7) is 7.58. The maximum absolute atomic E-state index is 12.3. The van der Waals surface area contributed by atoms with E-state index in [0.717, 1.165) is 16.5 Å². The van der Waals surface area contributed by atoms with Crippen LogP contribution in [0.3, 0.4) is 0 Å². The fourth-order valence-corrected chi connectivity index (χ4v) is 4.49. The van der Waals surface area contributed by atoms with E-state index in [9.17, 15) is 8.42 Å². The molecule has 0 aliphatic carbocycles. The van der Waals surface area contributed by atoms with Gasteiger partial charge in [-0.3, -0.25) is 0 Å². The van der Waals surface area contributed by atoms with Gasteiger partial charge < -0.3 is 0 Å². The Labute approximate surface area is 126 Å². The van der Waals surface area contributed by atoms with E-state index in [1.807, 2.05) is 27.7 Å². The summed E-state index contributed by atoms with van der Waals surface area (Å²) in [6, 6.07) is 3.41. The summed E-state index contributed by atoms with van der Waals surface area (Å²) < 4.78 is 28.7. The fourth-order valence-electron chi connectivity index (χ4n) is 1.32. The molecule has 1 aromatic carbocycles. The summed E-state index contributed by atoms with van der Waals surface area (Å²) in [4.78, 5) is 0.251. The lowest BCUT2D eigenvalue weighted by molar-refractivity contribution is 0.439. The van der Waals surface area contributed by atoms with Crippen molar-refractivity contribution in [3.05, 3.63) is 26.6 Å². The lowest BCUT2D eigenvalue weighted by Gasteiger charge is -2.24. The number of hydrogen-bond acceptors (Lipinski definition) is 2. The zero-order valence-electron chi connectivity index (χ0n) is 10.8. The Morgan fingerprint density at radius 1 is 1.22 bits per heavy atom. The second-order valence-electron chi connectivity index (χ2n) is 4.87. The molecule has 1 rings (SSSR count). The van der Waals surface area contributed by atoms with Gasteiger partial charge in [0.2, 0.25) is 10.0 Å². The first-order valence-electron chi connectivity index (χ1n) is 5.58. The summed E-state index contributed by atoms with van der Waals surface area (Å²) in [5.41, 5.74) is 0.519. The molecule has 0 saturated heterocycles. The summed E-state index contributed by atoms with van der Waals surface area (Å²) in [6.07, 6.45) is 0.719. The first-order valence-corrected chi connectivity index (χ1v) is 8.65. The van der Waals surface area contributed by atoms with Gasteiger partial charge in [-0.05, 0) is 60.8 Å². The SMILES string of the molecule is CCC(C)(C)NS(=O)(=O)c1cc(Br)c(C)cc1Br. The minimum Gasteiger partial charge on any atom is -0.207 e. The Bertz CT molecular complexity index is 553. The van der Waals surface area contributed by atoms with Crippen molar-refractivity contribution >= 4 is 41.9 Å². The Balaban J connectivity index is 3.26. The first-order chi connectivity index (χ1) is 8.09. The topological polar surface area (TPSA) is 46.2 Å². The van der Waals surface area contributed by atoms with Gasteiger partial charge in [0.25, 0.3) is 0 Å². The van der Waals surface area contributed by atoms with Gasteiger partial charge in [-0.2, -0.15) is 0 Å². The zero-order chi connectivity index (χ0) is 14.1. The fraction of sp³-hybridized carbons (Fsp3) is 0.500. The Morgan fingerprint density at radius 3 is 2.28 bits per heavy atom. The largest absolute Gasteiger partial charge is 0.242 e. The average molecular weight is 399 g/mol. The second-order valence-corrected chi connectivity index (χ2v) is 8.23. The molecule has 0 atom stereocenters. The zero-order valence-corrected chi connectivity index (χ0v) is 14.8. The van der Waals surface area contributed by atoms with Crippen LogP contribution in [0.15, 0.2) is 26.0 Å². The van der Waals surface area contributed by atoms with Crippen molar-refractivity contribution in [3.63, 3.8) is 0 Å². The highest BCUT2D eigenvalue weighted by atomic mass is 79.9. The van der Waals surface area contributed by atoms with E-state index < -0.39 is 15.6 Å². The van der Waals surface area contributed by atoms with Gasteiger partial charge in [0.05, 0.1) is 4.90 Å². The third-order valence-corrected chi connectivity index (χ3v) is 6.31. The summed E-state index contributed by atoms with van der Waals surface area (Å²) in [5.74, 6) is 0. The van der Waals surface area contributed by atoms with E-state index in [0.29, 0.717) is 4.47 Å². The molecule has 0 aromatic heterocycles. The number of sulfonamides is 1. The Kier molecular flexibility index (Phi) is 5.03. The predicted octanol–water partition coefficient (Wildman–Crippen LogP) is 3.99. The first kappa shape index (κ1) is 16.1. The smallest absolute Gasteiger partial charge is 0.207 e. The normalized spacial score (nSPS) is 12.8. The van der Waals surface area contributed by atoms with Crippen molar-refractivity contribution in [2.24, 2.45) is 0 Å². The monoisotopic (exact) mass is 397 g/mol. The Morgan fingerprint density at radius 2 is 1.78 bits per heavy atom. The molecule has 6 heteroatoms. The van der Waals surface area contributed by atoms with Gasteiger partial charge >= 0.3 is 0 Å². The van der Waals surface area contributed by atoms with Crippen molar-refractivity contribution in [1.29, 1.82) is 0 Å². The van der Waals surface area contributed by atoms with Crippen LogP contribution in [0, 0.1) is 6.92 Å². The van der Waals surface area contributed by atoms with E-state index in [-0.39, 0.29) is 4.90 Å². The minimum absolute atomic E-state index is 0.251. The molecule has 0 amide bonds. The van der Waals surface area contributed by atoms with Crippen LogP contribution in [-0.4, -0.2) is 14.0 Å². The number of nitrogens with one attached hydrogen (secondary N) is 1. The van der Waals surface area contributed by atoms with Crippen LogP contribution in [0.5, 0.6) is 0 Å². The van der Waals surface area contributed by atoms with Crippen molar-refractivity contribution in [3.8, 4) is 0 Å². The Hall–Kier alpha value is 0.0900. The highest BCUT2D eigenvalue weighted by Crippen LogP contribution is 2.29. The molecule has 102 valence electrons. The number of hydrogen-bond donors (Lipinski definition) is 1. The van der Waals surface area contributed by atoms with Crippen LogP contribution < -0.4 is 4.72 Å². The van der Waals surface area contributed by atoms with Crippen LogP contribution in [0.1, 0.15) is 32.8 Å². The predicted molar refractivity (Wildman–Crippen MR) is 81.3 cm³/mol. The standard InChI is InChI=1S/C12H17Br2NO2S/c1-5-12(3,4)15-18(16,17)11-7-9(13)8(2)6-10(11)14/h6-7,15H,5H2,1-4H3. The van der Waals surface area contributed by atoms with Gasteiger partial charge in [0, 0.05) is 14.5 Å². The second kappa shape index (κ2) is 5.61. The number of benzene rings is 1. The average Bonchev–Trinajstić information content (AvgIpc) is 2.21. The summed E-state index contributed by atoms with van der Waals surface area (Å²) in [7, 11) is -3.53. The lowest BCUT2D eigenvalue weighted by atomic mass is 10.0. The van der Waals surface area contributed by atoms with Gasteiger partial charge in [0.1, 0.15) is 0 Å². The molecular weight excluding hydrogens is 382 g/mol. The van der Waals surface area contributed by atoms with Gasteiger partial charge in [-0.15, -0.1) is 0 Å². The van der Waals surface area contributed by atoms with Crippen LogP contribution in [-0.2, 0) is 10.0 Å². The van der Waals surface area contributed by atoms with Crippen LogP contribution >= 0.6 is 31.9 Å². The molecule has 1 aromatic rings. The third-order valence-electron chi connectivity index (χ3n) is 2.80. The van der Waals surface area contributed by atoms with E-state index >= 15 is 0 Å². The molecule has 0 aliphatic heterocycles. The minimum atomic E-state index is -3.53. The molecule has 0 saturated carbocycles. The van der Waals surface area contributed by atoms with Crippen LogP contribution in [0.25, 0.3) is 0 Å². The number of aryl methyl sites for hydroxylation is 1. The van der Waals surface area contributed by atoms with E-state index in [2.05, 4.69) is 36.6 Å². The molecular formula is C12H17Br2NO2S. The molecule has 0 unspecified atom stereocenters. The molecule has 3 nitrogen and oxygen atoms in total. The molecule has 0 heterocycles. The van der Waals surface area contributed by atoms with Crippen molar-refractivity contribution in [2.45, 2.75) is 44.6 Å². The lowest BCUT2D eigenvalue weighted by Crippen LogP contribution is -2.42. The maximum Gasteiger partial charge on any atom is 0.242 e. The van der Waals surface area contributed by atoms with Crippen molar-refractivity contribution in [2.75, 3.05) is 0 Å². The number of rotatable bonds is 4. The highest BCUT2D eigenvalue weighted by Gasteiger charge is 2.26. The van der Waals surface area contributed by atoms with Crippen molar-refractivity contribution < 1.29 is 8.42 Å². The van der Waals surface area contributed by atoms with Crippen LogP contribution in [0.2, 0.25) is 0 Å². The highest BCUT2D eigenvalue weighted by molar-refractivity contribution is 9.11. The summed E-state index contributed by atoms with van der Waals surface area (Å²) in [5, 5.41) is 0. The molecule has 0 spiro atoms. The molecule has 0 fully saturated rings. The molecule has 0 radical (unpaired) electrons. The number of halogens is 2. The van der Waals surface area contributed by atoms with E-state index in [1.54, 1.807) is 12.1 Å². The molecule has 1 N–H and O–H groups in total. The summed E-state index contributed by atoms with van der Waals surface area (Å²) >= 11 is 6.66.